The summed E-state index contributed by atoms with van der Waals surface area (Å²) in [5.41, 5.74) is 2.45. The van der Waals surface area contributed by atoms with E-state index >= 15 is 0 Å². The van der Waals surface area contributed by atoms with Gasteiger partial charge in [0.25, 0.3) is 0 Å². The quantitative estimate of drug-likeness (QED) is 0.566. The van der Waals surface area contributed by atoms with E-state index in [1.54, 1.807) is 0 Å². The fourth-order valence-electron chi connectivity index (χ4n) is 1.49. The van der Waals surface area contributed by atoms with Gasteiger partial charge in [0.15, 0.2) is 0 Å². The third-order valence-electron chi connectivity index (χ3n) is 2.52. The van der Waals surface area contributed by atoms with Gasteiger partial charge in [0.2, 0.25) is 0 Å². The lowest BCUT2D eigenvalue weighted by molar-refractivity contribution is -0.0190. The van der Waals surface area contributed by atoms with Gasteiger partial charge in [0.05, 0.1) is 6.10 Å². The molecular formula is C9H17N3O2. The second kappa shape index (κ2) is 4.61. The summed E-state index contributed by atoms with van der Waals surface area (Å²) in [5, 5.41) is 6.04. The normalized spacial score (nSPS) is 23.1. The van der Waals surface area contributed by atoms with Gasteiger partial charge in [-0.1, -0.05) is 0 Å². The predicted octanol–water partition coefficient (Wildman–Crippen LogP) is 0.132. The number of carbonyl (C=O) groups excluding carboxylic acids is 1. The average molecular weight is 199 g/mol. The topological polar surface area (TPSA) is 62.4 Å². The first kappa shape index (κ1) is 9.73. The van der Waals surface area contributed by atoms with Gasteiger partial charge in [-0.25, -0.2) is 10.3 Å². The van der Waals surface area contributed by atoms with Crippen LogP contribution in [0.3, 0.4) is 0 Å². The monoisotopic (exact) mass is 199 g/mol. The molecule has 0 aromatic carbocycles. The minimum atomic E-state index is -0.203. The van der Waals surface area contributed by atoms with E-state index in [1.165, 1.54) is 0 Å². The molecule has 2 fully saturated rings. The molecular weight excluding hydrogens is 182 g/mol. The zero-order valence-corrected chi connectivity index (χ0v) is 8.21. The van der Waals surface area contributed by atoms with E-state index in [1.807, 2.05) is 0 Å². The molecule has 0 unspecified atom stereocenters. The Morgan fingerprint density at radius 2 is 1.93 bits per heavy atom. The fourth-order valence-corrected chi connectivity index (χ4v) is 1.49. The van der Waals surface area contributed by atoms with Crippen molar-refractivity contribution in [2.24, 2.45) is 0 Å². The van der Waals surface area contributed by atoms with Gasteiger partial charge in [-0.3, -0.25) is 4.84 Å². The molecule has 5 nitrogen and oxygen atoms in total. The highest BCUT2D eigenvalue weighted by molar-refractivity contribution is 5.73. The number of nitrogens with one attached hydrogen (secondary N) is 3. The second-order valence-corrected chi connectivity index (χ2v) is 3.92. The van der Waals surface area contributed by atoms with Crippen LogP contribution in [0, 0.1) is 0 Å². The van der Waals surface area contributed by atoms with Crippen LogP contribution in [0.2, 0.25) is 0 Å². The van der Waals surface area contributed by atoms with Crippen LogP contribution in [0.4, 0.5) is 4.79 Å². The van der Waals surface area contributed by atoms with Crippen LogP contribution in [0.1, 0.15) is 25.7 Å². The summed E-state index contributed by atoms with van der Waals surface area (Å²) in [5.74, 6) is 0. The molecule has 1 saturated carbocycles. The highest BCUT2D eigenvalue weighted by Gasteiger charge is 2.23. The molecule has 0 atom stereocenters. The number of urea groups is 1. The first-order chi connectivity index (χ1) is 6.84. The highest BCUT2D eigenvalue weighted by atomic mass is 16.7. The van der Waals surface area contributed by atoms with E-state index in [2.05, 4.69) is 16.1 Å². The second-order valence-electron chi connectivity index (χ2n) is 3.92. The van der Waals surface area contributed by atoms with Crippen LogP contribution >= 0.6 is 0 Å². The van der Waals surface area contributed by atoms with Crippen LogP contribution < -0.4 is 16.1 Å². The smallest absolute Gasteiger partial charge is 0.334 e. The lowest BCUT2D eigenvalue weighted by atomic mass is 10.1. The maximum Gasteiger partial charge on any atom is 0.338 e. The van der Waals surface area contributed by atoms with E-state index in [-0.39, 0.29) is 12.1 Å². The number of hydrogen-bond acceptors (Lipinski definition) is 3. The van der Waals surface area contributed by atoms with E-state index in [4.69, 9.17) is 4.84 Å². The lowest BCUT2D eigenvalue weighted by Gasteiger charge is -2.22. The summed E-state index contributed by atoms with van der Waals surface area (Å²) in [4.78, 5) is 16.4. The van der Waals surface area contributed by atoms with Crippen molar-refractivity contribution >= 4 is 6.03 Å². The van der Waals surface area contributed by atoms with Crippen LogP contribution in [0.15, 0.2) is 0 Å². The number of hydrogen-bond donors (Lipinski definition) is 3. The van der Waals surface area contributed by atoms with Crippen molar-refractivity contribution in [2.45, 2.75) is 37.8 Å². The summed E-state index contributed by atoms with van der Waals surface area (Å²) >= 11 is 0. The van der Waals surface area contributed by atoms with Crippen molar-refractivity contribution in [2.75, 3.05) is 13.1 Å². The minimum Gasteiger partial charge on any atom is -0.334 e. The molecule has 1 aliphatic carbocycles. The van der Waals surface area contributed by atoms with Crippen molar-refractivity contribution < 1.29 is 9.63 Å². The third-order valence-corrected chi connectivity index (χ3v) is 2.52. The number of rotatable bonds is 3. The van der Waals surface area contributed by atoms with Gasteiger partial charge in [0, 0.05) is 6.04 Å². The molecule has 0 radical (unpaired) electrons. The van der Waals surface area contributed by atoms with Crippen molar-refractivity contribution in [1.82, 2.24) is 16.1 Å². The third kappa shape index (κ3) is 3.16. The van der Waals surface area contributed by atoms with Gasteiger partial charge in [0.1, 0.15) is 0 Å². The first-order valence-corrected chi connectivity index (χ1v) is 5.27. The number of piperidine rings is 1. The lowest BCUT2D eigenvalue weighted by Crippen LogP contribution is -2.42. The summed E-state index contributed by atoms with van der Waals surface area (Å²) in [7, 11) is 0. The molecule has 0 aromatic heterocycles. The zero-order chi connectivity index (χ0) is 9.80. The van der Waals surface area contributed by atoms with Crippen LogP contribution in [0.5, 0.6) is 0 Å². The van der Waals surface area contributed by atoms with Gasteiger partial charge in [-0.2, -0.15) is 0 Å². The minimum absolute atomic E-state index is 0.168. The van der Waals surface area contributed by atoms with Crippen molar-refractivity contribution in [1.29, 1.82) is 0 Å². The van der Waals surface area contributed by atoms with Gasteiger partial charge in [-0.05, 0) is 38.8 Å². The van der Waals surface area contributed by atoms with E-state index in [0.29, 0.717) is 6.04 Å². The summed E-state index contributed by atoms with van der Waals surface area (Å²) < 4.78 is 0. The van der Waals surface area contributed by atoms with Crippen LogP contribution in [-0.4, -0.2) is 31.3 Å². The Morgan fingerprint density at radius 3 is 2.57 bits per heavy atom. The molecule has 80 valence electrons. The molecule has 14 heavy (non-hydrogen) atoms. The number of carbonyl (C=O) groups is 1. The Labute approximate surface area is 83.5 Å². The van der Waals surface area contributed by atoms with E-state index in [9.17, 15) is 4.79 Å². The van der Waals surface area contributed by atoms with E-state index in [0.717, 1.165) is 38.8 Å². The fraction of sp³-hybridized carbons (Fsp3) is 0.889. The molecule has 2 aliphatic rings. The molecule has 5 heteroatoms. The summed E-state index contributed by atoms with van der Waals surface area (Å²) in [6.07, 6.45) is 4.29. The summed E-state index contributed by atoms with van der Waals surface area (Å²) in [6, 6.07) is 0.178. The SMILES string of the molecule is O=C(NOC1CCNCC1)NC1CC1. The maximum atomic E-state index is 11.2. The average Bonchev–Trinajstić information content (AvgIpc) is 3.00. The van der Waals surface area contributed by atoms with Gasteiger partial charge >= 0.3 is 6.03 Å². The molecule has 2 amide bonds. The standard InChI is InChI=1S/C9H17N3O2/c13-9(11-7-1-2-7)12-14-8-3-5-10-6-4-8/h7-8,10H,1-6H2,(H2,11,12,13). The van der Waals surface area contributed by atoms with Crippen molar-refractivity contribution in [3.05, 3.63) is 0 Å². The Kier molecular flexibility index (Phi) is 3.21. The van der Waals surface area contributed by atoms with Gasteiger partial charge < -0.3 is 10.6 Å². The van der Waals surface area contributed by atoms with Crippen molar-refractivity contribution in [3.8, 4) is 0 Å². The molecule has 1 heterocycles. The van der Waals surface area contributed by atoms with Crippen molar-refractivity contribution in [3.63, 3.8) is 0 Å². The largest absolute Gasteiger partial charge is 0.338 e. The molecule has 3 N–H and O–H groups in total. The van der Waals surface area contributed by atoms with Crippen LogP contribution in [-0.2, 0) is 4.84 Å². The molecule has 0 spiro atoms. The molecule has 1 saturated heterocycles. The summed E-state index contributed by atoms with van der Waals surface area (Å²) in [6.45, 7) is 1.94. The molecule has 0 aromatic rings. The Hall–Kier alpha value is -0.810. The highest BCUT2D eigenvalue weighted by Crippen LogP contribution is 2.18. The zero-order valence-electron chi connectivity index (χ0n) is 8.21. The Morgan fingerprint density at radius 1 is 1.21 bits per heavy atom. The Bertz CT molecular complexity index is 200. The van der Waals surface area contributed by atoms with Gasteiger partial charge in [-0.15, -0.1) is 0 Å². The first-order valence-electron chi connectivity index (χ1n) is 5.27. The molecule has 2 rings (SSSR count). The number of amides is 2. The number of hydroxylamine groups is 1. The molecule has 1 aliphatic heterocycles. The van der Waals surface area contributed by atoms with E-state index < -0.39 is 0 Å². The predicted molar refractivity (Wildman–Crippen MR) is 51.7 cm³/mol. The van der Waals surface area contributed by atoms with Crippen LogP contribution in [0.25, 0.3) is 0 Å². The molecule has 0 bridgehead atoms. The Balaban J connectivity index is 1.57. The maximum absolute atomic E-state index is 11.2.